The van der Waals surface area contributed by atoms with Crippen LogP contribution in [0, 0.1) is 0 Å². The SMILES string of the molecule is Nc1ncc(N2CCOCC2)cc1N1CCOCC1. The molecule has 0 aliphatic carbocycles. The molecule has 2 saturated heterocycles. The number of nitrogens with two attached hydrogens (primary N) is 1. The Bertz CT molecular complexity index is 429. The lowest BCUT2D eigenvalue weighted by Gasteiger charge is -2.32. The van der Waals surface area contributed by atoms with Crippen LogP contribution >= 0.6 is 0 Å². The predicted octanol–water partition coefficient (Wildman–Crippen LogP) is 0.337. The van der Waals surface area contributed by atoms with Gasteiger partial charge in [0, 0.05) is 26.2 Å². The molecule has 0 unspecified atom stereocenters. The van der Waals surface area contributed by atoms with Gasteiger partial charge in [-0.15, -0.1) is 0 Å². The summed E-state index contributed by atoms with van der Waals surface area (Å²) in [6.45, 7) is 6.62. The van der Waals surface area contributed by atoms with Crippen LogP contribution in [-0.4, -0.2) is 57.6 Å². The van der Waals surface area contributed by atoms with E-state index in [4.69, 9.17) is 15.2 Å². The number of ether oxygens (including phenoxy) is 2. The molecule has 0 spiro atoms. The van der Waals surface area contributed by atoms with Crippen molar-refractivity contribution in [1.29, 1.82) is 0 Å². The van der Waals surface area contributed by atoms with Crippen LogP contribution in [0.5, 0.6) is 0 Å². The molecule has 2 aliphatic heterocycles. The van der Waals surface area contributed by atoms with E-state index >= 15 is 0 Å². The topological polar surface area (TPSA) is 63.8 Å². The molecule has 3 rings (SSSR count). The lowest BCUT2D eigenvalue weighted by Crippen LogP contribution is -2.38. The third-order valence-corrected chi connectivity index (χ3v) is 3.61. The maximum Gasteiger partial charge on any atom is 0.147 e. The van der Waals surface area contributed by atoms with E-state index in [2.05, 4.69) is 20.9 Å². The molecule has 1 aromatic rings. The van der Waals surface area contributed by atoms with Crippen LogP contribution in [0.1, 0.15) is 0 Å². The van der Waals surface area contributed by atoms with Gasteiger partial charge in [-0.2, -0.15) is 0 Å². The van der Waals surface area contributed by atoms with Gasteiger partial charge < -0.3 is 25.0 Å². The van der Waals surface area contributed by atoms with Gasteiger partial charge in [0.2, 0.25) is 0 Å². The number of hydrogen-bond donors (Lipinski definition) is 1. The summed E-state index contributed by atoms with van der Waals surface area (Å²) in [5.74, 6) is 0.596. The summed E-state index contributed by atoms with van der Waals surface area (Å²) in [7, 11) is 0. The molecule has 3 heterocycles. The fourth-order valence-corrected chi connectivity index (χ4v) is 2.51. The van der Waals surface area contributed by atoms with Crippen molar-refractivity contribution < 1.29 is 9.47 Å². The van der Waals surface area contributed by atoms with Crippen molar-refractivity contribution in [1.82, 2.24) is 4.98 Å². The van der Waals surface area contributed by atoms with Gasteiger partial charge in [0.05, 0.1) is 44.0 Å². The van der Waals surface area contributed by atoms with Crippen molar-refractivity contribution in [2.75, 3.05) is 68.1 Å². The molecule has 104 valence electrons. The Labute approximate surface area is 113 Å². The van der Waals surface area contributed by atoms with Crippen molar-refractivity contribution in [3.05, 3.63) is 12.3 Å². The van der Waals surface area contributed by atoms with Gasteiger partial charge >= 0.3 is 0 Å². The quantitative estimate of drug-likeness (QED) is 0.831. The average molecular weight is 264 g/mol. The van der Waals surface area contributed by atoms with Crippen molar-refractivity contribution in [3.8, 4) is 0 Å². The second kappa shape index (κ2) is 5.63. The summed E-state index contributed by atoms with van der Waals surface area (Å²) in [6, 6.07) is 2.14. The summed E-state index contributed by atoms with van der Waals surface area (Å²) in [6.07, 6.45) is 1.85. The van der Waals surface area contributed by atoms with Crippen LogP contribution in [0.15, 0.2) is 12.3 Å². The van der Waals surface area contributed by atoms with E-state index in [9.17, 15) is 0 Å². The van der Waals surface area contributed by atoms with E-state index in [1.54, 1.807) is 0 Å². The van der Waals surface area contributed by atoms with E-state index in [1.165, 1.54) is 0 Å². The molecule has 0 saturated carbocycles. The van der Waals surface area contributed by atoms with E-state index in [0.717, 1.165) is 64.0 Å². The monoisotopic (exact) mass is 264 g/mol. The standard InChI is InChI=1S/C13H20N4O2/c14-13-12(17-3-7-19-8-4-17)9-11(10-15-13)16-1-5-18-6-2-16/h9-10H,1-8H2,(H2,14,15). The molecule has 0 aromatic carbocycles. The molecule has 0 radical (unpaired) electrons. The van der Waals surface area contributed by atoms with Crippen LogP contribution in [-0.2, 0) is 9.47 Å². The van der Waals surface area contributed by atoms with Gasteiger partial charge in [0.15, 0.2) is 0 Å². The number of aromatic nitrogens is 1. The zero-order valence-corrected chi connectivity index (χ0v) is 11.0. The Morgan fingerprint density at radius 3 is 2.16 bits per heavy atom. The van der Waals surface area contributed by atoms with E-state index < -0.39 is 0 Å². The van der Waals surface area contributed by atoms with E-state index in [-0.39, 0.29) is 0 Å². The first-order valence-electron chi connectivity index (χ1n) is 6.75. The van der Waals surface area contributed by atoms with Gasteiger partial charge in [-0.25, -0.2) is 4.98 Å². The highest BCUT2D eigenvalue weighted by atomic mass is 16.5. The summed E-state index contributed by atoms with van der Waals surface area (Å²) >= 11 is 0. The second-order valence-corrected chi connectivity index (χ2v) is 4.80. The first-order chi connectivity index (χ1) is 9.34. The molecular weight excluding hydrogens is 244 g/mol. The highest BCUT2D eigenvalue weighted by Gasteiger charge is 2.18. The van der Waals surface area contributed by atoms with Crippen molar-refractivity contribution in [2.45, 2.75) is 0 Å². The second-order valence-electron chi connectivity index (χ2n) is 4.80. The molecule has 0 bridgehead atoms. The molecule has 2 N–H and O–H groups in total. The summed E-state index contributed by atoms with van der Waals surface area (Å²) in [4.78, 5) is 8.88. The molecule has 6 heteroatoms. The maximum absolute atomic E-state index is 6.01. The number of hydrogen-bond acceptors (Lipinski definition) is 6. The highest BCUT2D eigenvalue weighted by molar-refractivity contribution is 5.69. The summed E-state index contributed by atoms with van der Waals surface area (Å²) < 4.78 is 10.8. The third kappa shape index (κ3) is 2.74. The Hall–Kier alpha value is -1.53. The van der Waals surface area contributed by atoms with Crippen molar-refractivity contribution in [3.63, 3.8) is 0 Å². The lowest BCUT2D eigenvalue weighted by molar-refractivity contribution is 0.122. The number of rotatable bonds is 2. The molecule has 0 atom stereocenters. The van der Waals surface area contributed by atoms with E-state index in [0.29, 0.717) is 5.82 Å². The number of morpholine rings is 2. The van der Waals surface area contributed by atoms with Gasteiger partial charge in [0.1, 0.15) is 5.82 Å². The van der Waals surface area contributed by atoms with Crippen LogP contribution in [0.4, 0.5) is 17.2 Å². The minimum atomic E-state index is 0.596. The first-order valence-corrected chi connectivity index (χ1v) is 6.75. The Morgan fingerprint density at radius 1 is 0.947 bits per heavy atom. The Balaban J connectivity index is 1.82. The van der Waals surface area contributed by atoms with Gasteiger partial charge in [0.25, 0.3) is 0 Å². The highest BCUT2D eigenvalue weighted by Crippen LogP contribution is 2.27. The summed E-state index contributed by atoms with van der Waals surface area (Å²) in [5.41, 5.74) is 8.16. The fourth-order valence-electron chi connectivity index (χ4n) is 2.51. The number of nitrogens with zero attached hydrogens (tertiary/aromatic N) is 3. The minimum Gasteiger partial charge on any atom is -0.382 e. The number of anilines is 3. The normalized spacial score (nSPS) is 20.6. The van der Waals surface area contributed by atoms with Crippen LogP contribution in [0.2, 0.25) is 0 Å². The number of nitrogen functional groups attached to an aromatic ring is 1. The predicted molar refractivity (Wildman–Crippen MR) is 74.7 cm³/mol. The largest absolute Gasteiger partial charge is 0.382 e. The third-order valence-electron chi connectivity index (χ3n) is 3.61. The fraction of sp³-hybridized carbons (Fsp3) is 0.615. The molecule has 0 amide bonds. The first kappa shape index (κ1) is 12.5. The van der Waals surface area contributed by atoms with Gasteiger partial charge in [-0.05, 0) is 6.07 Å². The van der Waals surface area contributed by atoms with Crippen LogP contribution in [0.25, 0.3) is 0 Å². The van der Waals surface area contributed by atoms with Gasteiger partial charge in [-0.3, -0.25) is 0 Å². The van der Waals surface area contributed by atoms with Crippen molar-refractivity contribution >= 4 is 17.2 Å². The van der Waals surface area contributed by atoms with E-state index in [1.807, 2.05) is 6.20 Å². The molecule has 2 fully saturated rings. The molecule has 2 aliphatic rings. The smallest absolute Gasteiger partial charge is 0.147 e. The van der Waals surface area contributed by atoms with Gasteiger partial charge in [-0.1, -0.05) is 0 Å². The molecule has 19 heavy (non-hydrogen) atoms. The average Bonchev–Trinajstić information content (AvgIpc) is 2.49. The maximum atomic E-state index is 6.01. The molecular formula is C13H20N4O2. The Kier molecular flexibility index (Phi) is 3.70. The zero-order chi connectivity index (χ0) is 13.1. The molecule has 6 nitrogen and oxygen atoms in total. The lowest BCUT2D eigenvalue weighted by atomic mass is 10.2. The molecule has 1 aromatic heterocycles. The van der Waals surface area contributed by atoms with Crippen LogP contribution in [0.3, 0.4) is 0 Å². The minimum absolute atomic E-state index is 0.596. The Morgan fingerprint density at radius 2 is 1.53 bits per heavy atom. The number of pyridine rings is 1. The van der Waals surface area contributed by atoms with Crippen LogP contribution < -0.4 is 15.5 Å². The summed E-state index contributed by atoms with van der Waals surface area (Å²) in [5, 5.41) is 0. The zero-order valence-electron chi connectivity index (χ0n) is 11.0. The van der Waals surface area contributed by atoms with Crippen molar-refractivity contribution in [2.24, 2.45) is 0 Å².